The van der Waals surface area contributed by atoms with Gasteiger partial charge in [-0.05, 0) is 74.2 Å². The van der Waals surface area contributed by atoms with Crippen LogP contribution in [0.25, 0.3) is 22.5 Å². The maximum absolute atomic E-state index is 11.2. The second-order valence-electron chi connectivity index (χ2n) is 7.79. The highest BCUT2D eigenvalue weighted by Crippen LogP contribution is 2.40. The molecule has 0 saturated heterocycles. The Bertz CT molecular complexity index is 1090. The van der Waals surface area contributed by atoms with Crippen LogP contribution in [-0.2, 0) is 16.0 Å². The molecule has 0 atom stereocenters. The van der Waals surface area contributed by atoms with Crippen LogP contribution in [0.15, 0.2) is 48.5 Å². The van der Waals surface area contributed by atoms with Crippen molar-refractivity contribution in [3.05, 3.63) is 54.1 Å². The van der Waals surface area contributed by atoms with Gasteiger partial charge in [-0.15, -0.1) is 0 Å². The minimum absolute atomic E-state index is 0.332. The fourth-order valence-electron chi connectivity index (χ4n) is 3.93. The first-order valence-corrected chi connectivity index (χ1v) is 10.7. The fourth-order valence-corrected chi connectivity index (χ4v) is 3.93. The summed E-state index contributed by atoms with van der Waals surface area (Å²) < 4.78 is 12.5. The Balaban J connectivity index is 1.77. The first-order chi connectivity index (χ1) is 15.0. The first-order valence-electron chi connectivity index (χ1n) is 10.7. The van der Waals surface area contributed by atoms with Crippen LogP contribution in [0.2, 0.25) is 0 Å². The Morgan fingerprint density at radius 2 is 1.42 bits per heavy atom. The van der Waals surface area contributed by atoms with Gasteiger partial charge in [-0.3, -0.25) is 14.3 Å². The lowest BCUT2D eigenvalue weighted by atomic mass is 9.92. The van der Waals surface area contributed by atoms with Gasteiger partial charge in [0.15, 0.2) is 0 Å². The lowest BCUT2D eigenvalue weighted by molar-refractivity contribution is -0.132. The summed E-state index contributed by atoms with van der Waals surface area (Å²) in [7, 11) is 0. The summed E-state index contributed by atoms with van der Waals surface area (Å²) in [5.41, 5.74) is 5.27. The zero-order chi connectivity index (χ0) is 22.0. The van der Waals surface area contributed by atoms with Gasteiger partial charge in [-0.1, -0.05) is 6.92 Å². The van der Waals surface area contributed by atoms with Crippen LogP contribution in [0.3, 0.4) is 0 Å². The monoisotopic (exact) mass is 418 g/mol. The molecule has 4 rings (SSSR count). The smallest absolute Gasteiger partial charge is 0.308 e. The maximum Gasteiger partial charge on any atom is 0.308 e. The molecule has 1 heterocycles. The Morgan fingerprint density at radius 3 is 1.84 bits per heavy atom. The van der Waals surface area contributed by atoms with E-state index in [1.165, 1.54) is 25.8 Å². The largest absolute Gasteiger partial charge is 0.427 e. The Morgan fingerprint density at radius 1 is 0.903 bits per heavy atom. The van der Waals surface area contributed by atoms with E-state index in [2.05, 4.69) is 11.6 Å². The molecule has 0 radical (unpaired) electrons. The molecule has 6 heteroatoms. The number of carbonyl (C=O) groups excluding carboxylic acids is 2. The number of ether oxygens (including phenoxy) is 2. The molecule has 0 amide bonds. The highest BCUT2D eigenvalue weighted by molar-refractivity contribution is 5.76. The zero-order valence-corrected chi connectivity index (χ0v) is 18.1. The van der Waals surface area contributed by atoms with Crippen LogP contribution >= 0.6 is 0 Å². The topological polar surface area (TPSA) is 70.4 Å². The first kappa shape index (κ1) is 20.8. The minimum Gasteiger partial charge on any atom is -0.427 e. The molecule has 0 spiro atoms. The molecule has 160 valence electrons. The molecule has 2 aromatic carbocycles. The van der Waals surface area contributed by atoms with Crippen molar-refractivity contribution in [3.63, 3.8) is 0 Å². The van der Waals surface area contributed by atoms with E-state index < -0.39 is 0 Å². The molecule has 3 aromatic rings. The second kappa shape index (κ2) is 8.76. The molecule has 0 aliphatic heterocycles. The predicted octanol–water partition coefficient (Wildman–Crippen LogP) is 5.36. The summed E-state index contributed by atoms with van der Waals surface area (Å²) in [5.74, 6) is 0.385. The highest BCUT2D eigenvalue weighted by Gasteiger charge is 2.27. The molecule has 1 saturated carbocycles. The highest BCUT2D eigenvalue weighted by atomic mass is 16.5. The van der Waals surface area contributed by atoms with E-state index in [1.807, 2.05) is 36.4 Å². The molecule has 1 aliphatic carbocycles. The summed E-state index contributed by atoms with van der Waals surface area (Å²) in [6.45, 7) is 4.92. The third-order valence-electron chi connectivity index (χ3n) is 5.56. The van der Waals surface area contributed by atoms with Crippen molar-refractivity contribution in [2.75, 3.05) is 0 Å². The number of rotatable bonds is 6. The van der Waals surface area contributed by atoms with E-state index in [1.54, 1.807) is 12.1 Å². The van der Waals surface area contributed by atoms with Gasteiger partial charge in [-0.2, -0.15) is 5.10 Å². The van der Waals surface area contributed by atoms with Crippen LogP contribution in [0.5, 0.6) is 11.5 Å². The lowest BCUT2D eigenvalue weighted by Gasteiger charge is -2.28. The molecule has 0 N–H and O–H groups in total. The van der Waals surface area contributed by atoms with E-state index in [9.17, 15) is 9.59 Å². The van der Waals surface area contributed by atoms with E-state index in [-0.39, 0.29) is 11.9 Å². The summed E-state index contributed by atoms with van der Waals surface area (Å²) in [5, 5.41) is 5.03. The van der Waals surface area contributed by atoms with Crippen LogP contribution in [-0.4, -0.2) is 21.7 Å². The van der Waals surface area contributed by atoms with Gasteiger partial charge < -0.3 is 9.47 Å². The SMILES string of the molecule is CCc1c(-c2ccc(OC(C)=O)cc2)nn(C2CCC2)c1-c1ccc(OC(C)=O)cc1. The van der Waals surface area contributed by atoms with Crippen LogP contribution in [0, 0.1) is 0 Å². The number of esters is 2. The number of carbonyl (C=O) groups is 2. The van der Waals surface area contributed by atoms with Gasteiger partial charge in [0.05, 0.1) is 17.4 Å². The lowest BCUT2D eigenvalue weighted by Crippen LogP contribution is -2.19. The summed E-state index contributed by atoms with van der Waals surface area (Å²) in [6, 6.07) is 15.5. The molecule has 0 bridgehead atoms. The van der Waals surface area contributed by atoms with E-state index in [0.717, 1.165) is 41.8 Å². The van der Waals surface area contributed by atoms with Crippen molar-refractivity contribution in [3.8, 4) is 34.0 Å². The normalized spacial score (nSPS) is 13.5. The number of benzene rings is 2. The number of aromatic nitrogens is 2. The summed E-state index contributed by atoms with van der Waals surface area (Å²) >= 11 is 0. The molecule has 6 nitrogen and oxygen atoms in total. The van der Waals surface area contributed by atoms with Gasteiger partial charge in [-0.25, -0.2) is 0 Å². The molecule has 1 aromatic heterocycles. The van der Waals surface area contributed by atoms with Gasteiger partial charge in [0.2, 0.25) is 0 Å². The molecule has 1 fully saturated rings. The van der Waals surface area contributed by atoms with Gasteiger partial charge in [0.25, 0.3) is 0 Å². The third kappa shape index (κ3) is 4.38. The molecule has 0 unspecified atom stereocenters. The molecule has 1 aliphatic rings. The standard InChI is InChI=1S/C25H26N2O4/c1-4-23-24(18-8-12-21(13-9-18)30-16(2)28)26-27(20-6-5-7-20)25(23)19-10-14-22(15-11-19)31-17(3)29/h8-15,20H,4-7H2,1-3H3. The number of nitrogens with zero attached hydrogens (tertiary/aromatic N) is 2. The minimum atomic E-state index is -0.337. The van der Waals surface area contributed by atoms with Crippen molar-refractivity contribution in [2.24, 2.45) is 0 Å². The van der Waals surface area contributed by atoms with Gasteiger partial charge >= 0.3 is 11.9 Å². The van der Waals surface area contributed by atoms with Crippen LogP contribution in [0.1, 0.15) is 51.6 Å². The molecular formula is C25H26N2O4. The van der Waals surface area contributed by atoms with Gasteiger partial charge in [0.1, 0.15) is 11.5 Å². The summed E-state index contributed by atoms with van der Waals surface area (Å²) in [6.07, 6.45) is 4.28. The Kier molecular flexibility index (Phi) is 5.89. The summed E-state index contributed by atoms with van der Waals surface area (Å²) in [4.78, 5) is 22.4. The number of hydrogen-bond donors (Lipinski definition) is 0. The van der Waals surface area contributed by atoms with E-state index in [4.69, 9.17) is 14.6 Å². The number of hydrogen-bond acceptors (Lipinski definition) is 5. The van der Waals surface area contributed by atoms with Crippen molar-refractivity contribution < 1.29 is 19.1 Å². The second-order valence-corrected chi connectivity index (χ2v) is 7.79. The van der Waals surface area contributed by atoms with E-state index >= 15 is 0 Å². The van der Waals surface area contributed by atoms with Crippen molar-refractivity contribution in [1.82, 2.24) is 9.78 Å². The van der Waals surface area contributed by atoms with Crippen molar-refractivity contribution in [1.29, 1.82) is 0 Å². The average Bonchev–Trinajstić information content (AvgIpc) is 3.06. The predicted molar refractivity (Wildman–Crippen MR) is 118 cm³/mol. The third-order valence-corrected chi connectivity index (χ3v) is 5.56. The van der Waals surface area contributed by atoms with E-state index in [0.29, 0.717) is 17.5 Å². The maximum atomic E-state index is 11.2. The fraction of sp³-hybridized carbons (Fsp3) is 0.320. The van der Waals surface area contributed by atoms with Crippen molar-refractivity contribution in [2.45, 2.75) is 52.5 Å². The average molecular weight is 418 g/mol. The van der Waals surface area contributed by atoms with Crippen LogP contribution in [0.4, 0.5) is 0 Å². The van der Waals surface area contributed by atoms with Crippen molar-refractivity contribution >= 4 is 11.9 Å². The Hall–Kier alpha value is -3.41. The molecular weight excluding hydrogens is 392 g/mol. The molecule has 31 heavy (non-hydrogen) atoms. The quantitative estimate of drug-likeness (QED) is 0.398. The Labute approximate surface area is 181 Å². The zero-order valence-electron chi connectivity index (χ0n) is 18.1. The van der Waals surface area contributed by atoms with Gasteiger partial charge in [0, 0.05) is 30.5 Å². The van der Waals surface area contributed by atoms with Crippen LogP contribution < -0.4 is 9.47 Å².